The van der Waals surface area contributed by atoms with Gasteiger partial charge >= 0.3 is 0 Å². The first-order chi connectivity index (χ1) is 5.27. The second kappa shape index (κ2) is 2.35. The summed E-state index contributed by atoms with van der Waals surface area (Å²) in [5, 5.41) is 0. The van der Waals surface area contributed by atoms with Crippen molar-refractivity contribution in [2.45, 2.75) is 26.6 Å². The molecule has 0 aliphatic carbocycles. The third kappa shape index (κ3) is 1.05. The SMILES string of the molecule is Cc1ccc2c(c1)COC2C. The van der Waals surface area contributed by atoms with Crippen molar-refractivity contribution in [1.82, 2.24) is 0 Å². The summed E-state index contributed by atoms with van der Waals surface area (Å²) in [7, 11) is 0. The van der Waals surface area contributed by atoms with Gasteiger partial charge in [-0.15, -0.1) is 0 Å². The summed E-state index contributed by atoms with van der Waals surface area (Å²) in [6.07, 6.45) is 0.297. The number of fused-ring (bicyclic) bond motifs is 1. The van der Waals surface area contributed by atoms with Crippen LogP contribution in [0, 0.1) is 6.92 Å². The minimum absolute atomic E-state index is 0.297. The van der Waals surface area contributed by atoms with Gasteiger partial charge in [-0.3, -0.25) is 0 Å². The van der Waals surface area contributed by atoms with E-state index in [0.29, 0.717) is 6.10 Å². The first kappa shape index (κ1) is 6.86. The van der Waals surface area contributed by atoms with Gasteiger partial charge in [0.2, 0.25) is 0 Å². The molecule has 0 bridgehead atoms. The predicted molar refractivity (Wildman–Crippen MR) is 44.4 cm³/mol. The lowest BCUT2D eigenvalue weighted by Crippen LogP contribution is -1.87. The molecule has 0 saturated heterocycles. The topological polar surface area (TPSA) is 9.23 Å². The van der Waals surface area contributed by atoms with Crippen molar-refractivity contribution in [2.75, 3.05) is 0 Å². The van der Waals surface area contributed by atoms with Gasteiger partial charge in [-0.25, -0.2) is 0 Å². The van der Waals surface area contributed by atoms with Crippen LogP contribution >= 0.6 is 0 Å². The van der Waals surface area contributed by atoms with Crippen molar-refractivity contribution in [3.05, 3.63) is 34.9 Å². The van der Waals surface area contributed by atoms with E-state index in [1.54, 1.807) is 0 Å². The van der Waals surface area contributed by atoms with Gasteiger partial charge < -0.3 is 4.74 Å². The molecule has 0 amide bonds. The van der Waals surface area contributed by atoms with Crippen LogP contribution in [0.5, 0.6) is 0 Å². The molecule has 1 aromatic rings. The zero-order chi connectivity index (χ0) is 7.84. The molecular weight excluding hydrogens is 136 g/mol. The predicted octanol–water partition coefficient (Wildman–Crippen LogP) is 2.59. The van der Waals surface area contributed by atoms with E-state index in [1.807, 2.05) is 0 Å². The minimum Gasteiger partial charge on any atom is -0.369 e. The van der Waals surface area contributed by atoms with Gasteiger partial charge in [-0.2, -0.15) is 0 Å². The maximum absolute atomic E-state index is 5.48. The van der Waals surface area contributed by atoms with Crippen LogP contribution in [0.3, 0.4) is 0 Å². The van der Waals surface area contributed by atoms with Crippen LogP contribution in [0.4, 0.5) is 0 Å². The molecule has 0 spiro atoms. The average molecular weight is 148 g/mol. The van der Waals surface area contributed by atoms with Crippen molar-refractivity contribution in [3.8, 4) is 0 Å². The standard InChI is InChI=1S/C10H12O/c1-7-3-4-10-8(2)11-6-9(10)5-7/h3-5,8H,6H2,1-2H3. The zero-order valence-corrected chi connectivity index (χ0v) is 6.92. The van der Waals surface area contributed by atoms with Crippen LogP contribution in [0.2, 0.25) is 0 Å². The van der Waals surface area contributed by atoms with E-state index in [0.717, 1.165) is 6.61 Å². The summed E-state index contributed by atoms with van der Waals surface area (Å²) in [6, 6.07) is 6.52. The van der Waals surface area contributed by atoms with Crippen LogP contribution in [0.15, 0.2) is 18.2 Å². The van der Waals surface area contributed by atoms with E-state index in [-0.39, 0.29) is 0 Å². The molecule has 0 saturated carbocycles. The Kier molecular flexibility index (Phi) is 1.46. The molecule has 0 aromatic heterocycles. The third-order valence-electron chi connectivity index (χ3n) is 2.23. The molecule has 1 atom stereocenters. The Morgan fingerprint density at radius 2 is 2.27 bits per heavy atom. The number of hydrogen-bond acceptors (Lipinski definition) is 1. The molecule has 1 nitrogen and oxygen atoms in total. The van der Waals surface area contributed by atoms with Crippen LogP contribution in [0.1, 0.15) is 29.7 Å². The van der Waals surface area contributed by atoms with Gasteiger partial charge in [0.1, 0.15) is 0 Å². The molecule has 2 rings (SSSR count). The van der Waals surface area contributed by atoms with Crippen LogP contribution in [-0.4, -0.2) is 0 Å². The van der Waals surface area contributed by atoms with Crippen LogP contribution in [-0.2, 0) is 11.3 Å². The van der Waals surface area contributed by atoms with E-state index < -0.39 is 0 Å². The van der Waals surface area contributed by atoms with Gasteiger partial charge in [0, 0.05) is 0 Å². The number of hydrogen-bond donors (Lipinski definition) is 0. The van der Waals surface area contributed by atoms with Gasteiger partial charge in [0.05, 0.1) is 12.7 Å². The van der Waals surface area contributed by atoms with E-state index >= 15 is 0 Å². The molecule has 1 aliphatic heterocycles. The summed E-state index contributed by atoms with van der Waals surface area (Å²) >= 11 is 0. The second-order valence-electron chi connectivity index (χ2n) is 3.16. The van der Waals surface area contributed by atoms with Gasteiger partial charge in [0.15, 0.2) is 0 Å². The van der Waals surface area contributed by atoms with Crippen LogP contribution < -0.4 is 0 Å². The molecular formula is C10H12O. The summed E-state index contributed by atoms with van der Waals surface area (Å²) in [6.45, 7) is 5.00. The van der Waals surface area contributed by atoms with E-state index in [1.165, 1.54) is 16.7 Å². The lowest BCUT2D eigenvalue weighted by Gasteiger charge is -2.02. The molecule has 11 heavy (non-hydrogen) atoms. The average Bonchev–Trinajstić information content (AvgIpc) is 2.32. The number of ether oxygens (including phenoxy) is 1. The lowest BCUT2D eigenvalue weighted by molar-refractivity contribution is 0.0796. The third-order valence-corrected chi connectivity index (χ3v) is 2.23. The number of benzene rings is 1. The monoisotopic (exact) mass is 148 g/mol. The fourth-order valence-electron chi connectivity index (χ4n) is 1.56. The fourth-order valence-corrected chi connectivity index (χ4v) is 1.56. The molecule has 0 fully saturated rings. The molecule has 0 N–H and O–H groups in total. The minimum atomic E-state index is 0.297. The van der Waals surface area contributed by atoms with Crippen molar-refractivity contribution in [3.63, 3.8) is 0 Å². The maximum Gasteiger partial charge on any atom is 0.0804 e. The summed E-state index contributed by atoms with van der Waals surface area (Å²) in [4.78, 5) is 0. The van der Waals surface area contributed by atoms with Crippen molar-refractivity contribution in [2.24, 2.45) is 0 Å². The highest BCUT2D eigenvalue weighted by molar-refractivity contribution is 5.34. The van der Waals surface area contributed by atoms with E-state index in [9.17, 15) is 0 Å². The van der Waals surface area contributed by atoms with Crippen molar-refractivity contribution in [1.29, 1.82) is 0 Å². The van der Waals surface area contributed by atoms with Gasteiger partial charge in [-0.1, -0.05) is 23.8 Å². The van der Waals surface area contributed by atoms with Crippen molar-refractivity contribution < 1.29 is 4.74 Å². The molecule has 0 radical (unpaired) electrons. The van der Waals surface area contributed by atoms with Crippen LogP contribution in [0.25, 0.3) is 0 Å². The summed E-state index contributed by atoms with van der Waals surface area (Å²) < 4.78 is 5.48. The fraction of sp³-hybridized carbons (Fsp3) is 0.400. The highest BCUT2D eigenvalue weighted by Crippen LogP contribution is 2.30. The molecule has 1 unspecified atom stereocenters. The Morgan fingerprint density at radius 1 is 1.45 bits per heavy atom. The Bertz CT molecular complexity index is 278. The highest BCUT2D eigenvalue weighted by atomic mass is 16.5. The first-order valence-corrected chi connectivity index (χ1v) is 3.98. The normalized spacial score (nSPS) is 21.8. The molecule has 58 valence electrons. The Balaban J connectivity index is 2.50. The zero-order valence-electron chi connectivity index (χ0n) is 6.92. The Hall–Kier alpha value is -0.820. The van der Waals surface area contributed by atoms with Gasteiger partial charge in [-0.05, 0) is 25.0 Å². The van der Waals surface area contributed by atoms with E-state index in [2.05, 4.69) is 32.0 Å². The number of aryl methyl sites for hydroxylation is 1. The smallest absolute Gasteiger partial charge is 0.0804 e. The quantitative estimate of drug-likeness (QED) is 0.549. The molecule has 1 aromatic carbocycles. The summed E-state index contributed by atoms with van der Waals surface area (Å²) in [5.41, 5.74) is 4.04. The van der Waals surface area contributed by atoms with Gasteiger partial charge in [0.25, 0.3) is 0 Å². The Labute approximate surface area is 67.0 Å². The second-order valence-corrected chi connectivity index (χ2v) is 3.16. The first-order valence-electron chi connectivity index (χ1n) is 3.98. The highest BCUT2D eigenvalue weighted by Gasteiger charge is 2.17. The molecule has 1 heterocycles. The molecule has 1 aliphatic rings. The number of rotatable bonds is 0. The maximum atomic E-state index is 5.48. The molecule has 1 heteroatoms. The Morgan fingerprint density at radius 3 is 3.09 bits per heavy atom. The lowest BCUT2D eigenvalue weighted by atomic mass is 10.0. The largest absolute Gasteiger partial charge is 0.369 e. The van der Waals surface area contributed by atoms with E-state index in [4.69, 9.17) is 4.74 Å². The van der Waals surface area contributed by atoms with Crippen molar-refractivity contribution >= 4 is 0 Å². The summed E-state index contributed by atoms with van der Waals surface area (Å²) in [5.74, 6) is 0.